The van der Waals surface area contributed by atoms with Crippen LogP contribution in [0.1, 0.15) is 112 Å². The summed E-state index contributed by atoms with van der Waals surface area (Å²) in [4.78, 5) is 61.7. The molecule has 0 aliphatic rings. The molecule has 4 amide bonds. The standard InChI is InChI=1S/C39H65IN4O9/c1-29(13-8-10-23-43-37(49)53-39(5,6)7)35(47)42-24-26-51-28-27-50-25-21-34(46)44-32(36(48)52-38(2,3)4)15-9-11-22-41-33(45)16-12-14-30-17-19-31(40)20-18-30/h17-20,29,32H,8-16,21-28H2,1-7H3,(H,41,45)(H,42,47)(H,43,49)(H,44,46)/t29-,32-/m0/s1. The van der Waals surface area contributed by atoms with E-state index in [0.29, 0.717) is 65.0 Å². The fourth-order valence-electron chi connectivity index (χ4n) is 4.90. The number of hydrogen-bond donors (Lipinski definition) is 4. The van der Waals surface area contributed by atoms with Crippen LogP contribution in [0, 0.1) is 9.49 Å². The van der Waals surface area contributed by atoms with E-state index < -0.39 is 29.3 Å². The minimum absolute atomic E-state index is 0.00489. The van der Waals surface area contributed by atoms with E-state index in [9.17, 15) is 24.0 Å². The molecule has 13 nitrogen and oxygen atoms in total. The first-order valence-corrected chi connectivity index (χ1v) is 20.0. The van der Waals surface area contributed by atoms with Gasteiger partial charge in [-0.1, -0.05) is 25.5 Å². The molecule has 0 aromatic heterocycles. The highest BCUT2D eigenvalue weighted by Gasteiger charge is 2.26. The number of aryl methyl sites for hydroxylation is 1. The first-order valence-electron chi connectivity index (χ1n) is 18.9. The summed E-state index contributed by atoms with van der Waals surface area (Å²) in [6.45, 7) is 15.1. The summed E-state index contributed by atoms with van der Waals surface area (Å²) in [5, 5.41) is 11.3. The van der Waals surface area contributed by atoms with Gasteiger partial charge in [0.1, 0.15) is 17.2 Å². The Morgan fingerprint density at radius 1 is 0.660 bits per heavy atom. The summed E-state index contributed by atoms with van der Waals surface area (Å²) in [6.07, 6.45) is 5.65. The number of rotatable bonds is 26. The lowest BCUT2D eigenvalue weighted by atomic mass is 10.0. The smallest absolute Gasteiger partial charge is 0.407 e. The van der Waals surface area contributed by atoms with Gasteiger partial charge >= 0.3 is 12.1 Å². The van der Waals surface area contributed by atoms with Crippen LogP contribution in [0.2, 0.25) is 0 Å². The van der Waals surface area contributed by atoms with Crippen molar-refractivity contribution in [2.45, 2.75) is 130 Å². The van der Waals surface area contributed by atoms with E-state index in [1.807, 2.05) is 27.7 Å². The lowest BCUT2D eigenvalue weighted by Crippen LogP contribution is -2.44. The van der Waals surface area contributed by atoms with Crippen LogP contribution in [0.3, 0.4) is 0 Å². The number of esters is 1. The molecule has 0 saturated heterocycles. The number of amides is 4. The molecule has 14 heteroatoms. The number of hydrogen-bond acceptors (Lipinski definition) is 9. The summed E-state index contributed by atoms with van der Waals surface area (Å²) < 4.78 is 23.0. The third kappa shape index (κ3) is 27.3. The van der Waals surface area contributed by atoms with Gasteiger partial charge in [-0.15, -0.1) is 0 Å². The molecule has 1 aromatic rings. The van der Waals surface area contributed by atoms with Crippen molar-refractivity contribution in [2.75, 3.05) is 46.1 Å². The third-order valence-electron chi connectivity index (χ3n) is 7.62. The molecule has 0 spiro atoms. The second-order valence-electron chi connectivity index (χ2n) is 15.1. The fourth-order valence-corrected chi connectivity index (χ4v) is 5.26. The van der Waals surface area contributed by atoms with Crippen molar-refractivity contribution in [2.24, 2.45) is 5.92 Å². The predicted octanol–water partition coefficient (Wildman–Crippen LogP) is 5.60. The number of unbranched alkanes of at least 4 members (excludes halogenated alkanes) is 2. The Morgan fingerprint density at radius 2 is 1.26 bits per heavy atom. The number of benzene rings is 1. The quantitative estimate of drug-likeness (QED) is 0.0527. The molecule has 0 heterocycles. The molecular formula is C39H65IN4O9. The maximum Gasteiger partial charge on any atom is 0.407 e. The molecule has 302 valence electrons. The molecule has 0 radical (unpaired) electrons. The molecular weight excluding hydrogens is 795 g/mol. The SMILES string of the molecule is C[C@@H](CCCCNC(=O)OC(C)(C)C)C(=O)NCCOCCOCCC(=O)N[C@@H](CCCCNC(=O)CCCc1ccc(I)cc1)C(=O)OC(C)(C)C. The summed E-state index contributed by atoms with van der Waals surface area (Å²) >= 11 is 2.27. The zero-order chi connectivity index (χ0) is 39.7. The van der Waals surface area contributed by atoms with E-state index in [4.69, 9.17) is 18.9 Å². The number of halogens is 1. The fraction of sp³-hybridized carbons (Fsp3) is 0.718. The van der Waals surface area contributed by atoms with Crippen molar-refractivity contribution in [1.29, 1.82) is 0 Å². The Bertz CT molecular complexity index is 1230. The third-order valence-corrected chi connectivity index (χ3v) is 8.34. The number of nitrogens with one attached hydrogen (secondary N) is 4. The van der Waals surface area contributed by atoms with Gasteiger partial charge in [-0.25, -0.2) is 9.59 Å². The van der Waals surface area contributed by atoms with E-state index in [0.717, 1.165) is 25.7 Å². The van der Waals surface area contributed by atoms with Gasteiger partial charge in [0, 0.05) is 42.0 Å². The highest BCUT2D eigenvalue weighted by Crippen LogP contribution is 2.13. The molecule has 4 N–H and O–H groups in total. The number of carbonyl (C=O) groups excluding carboxylic acids is 5. The Balaban J connectivity index is 2.19. The van der Waals surface area contributed by atoms with Gasteiger partial charge in [-0.2, -0.15) is 0 Å². The van der Waals surface area contributed by atoms with Crippen molar-refractivity contribution < 1.29 is 42.9 Å². The van der Waals surface area contributed by atoms with E-state index in [2.05, 4.69) is 68.1 Å². The molecule has 0 aliphatic carbocycles. The Morgan fingerprint density at radius 3 is 1.91 bits per heavy atom. The second-order valence-corrected chi connectivity index (χ2v) is 16.3. The van der Waals surface area contributed by atoms with E-state index in [1.165, 1.54) is 9.13 Å². The van der Waals surface area contributed by atoms with E-state index in [1.54, 1.807) is 20.8 Å². The Kier molecular flexibility index (Phi) is 24.2. The molecule has 0 bridgehead atoms. The van der Waals surface area contributed by atoms with Crippen LogP contribution < -0.4 is 21.3 Å². The monoisotopic (exact) mass is 860 g/mol. The number of ether oxygens (including phenoxy) is 4. The van der Waals surface area contributed by atoms with Crippen LogP contribution in [-0.2, 0) is 44.5 Å². The highest BCUT2D eigenvalue weighted by atomic mass is 127. The molecule has 0 unspecified atom stereocenters. The van der Waals surface area contributed by atoms with Crippen LogP contribution in [0.25, 0.3) is 0 Å². The number of alkyl carbamates (subject to hydrolysis) is 1. The molecule has 2 atom stereocenters. The zero-order valence-corrected chi connectivity index (χ0v) is 35.2. The molecule has 1 rings (SSSR count). The summed E-state index contributed by atoms with van der Waals surface area (Å²) in [5.41, 5.74) is -0.0125. The first kappa shape index (κ1) is 48.0. The lowest BCUT2D eigenvalue weighted by molar-refractivity contribution is -0.159. The molecule has 1 aromatic carbocycles. The van der Waals surface area contributed by atoms with Crippen molar-refractivity contribution in [1.82, 2.24) is 21.3 Å². The zero-order valence-electron chi connectivity index (χ0n) is 33.0. The molecule has 0 saturated carbocycles. The molecule has 53 heavy (non-hydrogen) atoms. The normalized spacial score (nSPS) is 12.7. The average Bonchev–Trinajstić information content (AvgIpc) is 3.05. The second kappa shape index (κ2) is 26.7. The minimum atomic E-state index is -0.797. The van der Waals surface area contributed by atoms with Gasteiger partial charge in [0.2, 0.25) is 17.7 Å². The van der Waals surface area contributed by atoms with Gasteiger partial charge < -0.3 is 40.2 Å². The average molecular weight is 861 g/mol. The minimum Gasteiger partial charge on any atom is -0.458 e. The maximum atomic E-state index is 12.8. The molecule has 0 aliphatic heterocycles. The largest absolute Gasteiger partial charge is 0.458 e. The van der Waals surface area contributed by atoms with Gasteiger partial charge in [0.05, 0.1) is 26.4 Å². The van der Waals surface area contributed by atoms with Crippen LogP contribution in [0.15, 0.2) is 24.3 Å². The van der Waals surface area contributed by atoms with E-state index in [-0.39, 0.29) is 43.3 Å². The first-order chi connectivity index (χ1) is 24.9. The van der Waals surface area contributed by atoms with Crippen LogP contribution in [0.5, 0.6) is 0 Å². The van der Waals surface area contributed by atoms with Gasteiger partial charge in [-0.05, 0) is 127 Å². The Labute approximate surface area is 330 Å². The van der Waals surface area contributed by atoms with E-state index >= 15 is 0 Å². The summed E-state index contributed by atoms with van der Waals surface area (Å²) in [6, 6.07) is 7.49. The van der Waals surface area contributed by atoms with Gasteiger partial charge in [-0.3, -0.25) is 14.4 Å². The lowest BCUT2D eigenvalue weighted by Gasteiger charge is -2.24. The molecule has 0 fully saturated rings. The highest BCUT2D eigenvalue weighted by molar-refractivity contribution is 14.1. The predicted molar refractivity (Wildman–Crippen MR) is 213 cm³/mol. The van der Waals surface area contributed by atoms with Crippen molar-refractivity contribution in [3.8, 4) is 0 Å². The maximum absolute atomic E-state index is 12.8. The van der Waals surface area contributed by atoms with Crippen molar-refractivity contribution in [3.63, 3.8) is 0 Å². The van der Waals surface area contributed by atoms with Crippen molar-refractivity contribution >= 4 is 52.4 Å². The summed E-state index contributed by atoms with van der Waals surface area (Å²) in [5.74, 6) is -1.01. The van der Waals surface area contributed by atoms with Crippen LogP contribution in [-0.4, -0.2) is 93.1 Å². The van der Waals surface area contributed by atoms with Crippen LogP contribution in [0.4, 0.5) is 4.79 Å². The van der Waals surface area contributed by atoms with Gasteiger partial charge in [0.25, 0.3) is 0 Å². The number of carbonyl (C=O) groups is 5. The Hall–Kier alpha value is -2.98. The van der Waals surface area contributed by atoms with Crippen LogP contribution >= 0.6 is 22.6 Å². The van der Waals surface area contributed by atoms with Gasteiger partial charge in [0.15, 0.2) is 0 Å². The summed E-state index contributed by atoms with van der Waals surface area (Å²) in [7, 11) is 0. The topological polar surface area (TPSA) is 170 Å². The van der Waals surface area contributed by atoms with Crippen molar-refractivity contribution in [3.05, 3.63) is 33.4 Å².